The van der Waals surface area contributed by atoms with E-state index in [2.05, 4.69) is 61.5 Å². The van der Waals surface area contributed by atoms with Gasteiger partial charge in [0.2, 0.25) is 5.95 Å². The molecule has 4 rings (SSSR count). The molecular weight excluding hydrogens is 372 g/mol. The molecule has 0 amide bonds. The molecule has 0 spiro atoms. The van der Waals surface area contributed by atoms with Crippen LogP contribution in [0.15, 0.2) is 48.7 Å². The number of benzene rings is 2. The highest BCUT2D eigenvalue weighted by Gasteiger charge is 2.19. The Labute approximate surface area is 170 Å². The van der Waals surface area contributed by atoms with E-state index in [4.69, 9.17) is 11.6 Å². The van der Waals surface area contributed by atoms with Crippen molar-refractivity contribution in [1.82, 2.24) is 15.2 Å². The molecule has 2 heterocycles. The zero-order chi connectivity index (χ0) is 19.5. The van der Waals surface area contributed by atoms with Crippen molar-refractivity contribution in [2.75, 3.05) is 41.3 Å². The zero-order valence-corrected chi connectivity index (χ0v) is 16.8. The van der Waals surface area contributed by atoms with Crippen LogP contribution in [0.5, 0.6) is 0 Å². The van der Waals surface area contributed by atoms with Crippen LogP contribution in [0.4, 0.5) is 23.1 Å². The molecule has 6 nitrogen and oxygen atoms in total. The minimum atomic E-state index is 0.476. The van der Waals surface area contributed by atoms with Crippen molar-refractivity contribution >= 4 is 34.7 Å². The summed E-state index contributed by atoms with van der Waals surface area (Å²) in [5.41, 5.74) is 4.41. The third kappa shape index (κ3) is 4.02. The molecule has 1 fully saturated rings. The highest BCUT2D eigenvalue weighted by molar-refractivity contribution is 6.31. The van der Waals surface area contributed by atoms with Gasteiger partial charge in [0.05, 0.1) is 6.20 Å². The molecule has 0 unspecified atom stereocenters. The Morgan fingerprint density at radius 2 is 1.71 bits per heavy atom. The summed E-state index contributed by atoms with van der Waals surface area (Å²) in [6.45, 7) is 7.77. The fourth-order valence-corrected chi connectivity index (χ4v) is 3.56. The lowest BCUT2D eigenvalue weighted by Gasteiger charge is -2.36. The van der Waals surface area contributed by atoms with Crippen LogP contribution in [0, 0.1) is 13.8 Å². The number of hydrogen-bond donors (Lipinski definition) is 1. The third-order valence-corrected chi connectivity index (χ3v) is 5.44. The van der Waals surface area contributed by atoms with Crippen LogP contribution < -0.4 is 15.1 Å². The summed E-state index contributed by atoms with van der Waals surface area (Å²) in [7, 11) is 0. The Morgan fingerprint density at radius 3 is 2.50 bits per heavy atom. The van der Waals surface area contributed by atoms with Crippen LogP contribution in [0.2, 0.25) is 5.02 Å². The average Bonchev–Trinajstić information content (AvgIpc) is 2.72. The SMILES string of the molecule is Cc1cccc(N2CCN(c3cnnc(Nc4cccc(Cl)c4C)n3)CC2)c1. The average molecular weight is 395 g/mol. The van der Waals surface area contributed by atoms with Gasteiger partial charge in [-0.25, -0.2) is 0 Å². The molecule has 1 N–H and O–H groups in total. The Balaban J connectivity index is 1.44. The van der Waals surface area contributed by atoms with Crippen LogP contribution in [-0.4, -0.2) is 41.4 Å². The minimum Gasteiger partial charge on any atom is -0.368 e. The van der Waals surface area contributed by atoms with Crippen molar-refractivity contribution in [3.05, 3.63) is 64.8 Å². The normalized spacial score (nSPS) is 14.2. The molecular formula is C21H23ClN6. The third-order valence-electron chi connectivity index (χ3n) is 5.03. The van der Waals surface area contributed by atoms with Crippen molar-refractivity contribution in [1.29, 1.82) is 0 Å². The highest BCUT2D eigenvalue weighted by Crippen LogP contribution is 2.25. The van der Waals surface area contributed by atoms with Gasteiger partial charge in [-0.05, 0) is 49.2 Å². The topological polar surface area (TPSA) is 57.2 Å². The first-order valence-electron chi connectivity index (χ1n) is 9.38. The Kier molecular flexibility index (Phi) is 5.30. The van der Waals surface area contributed by atoms with Gasteiger partial charge in [0.15, 0.2) is 5.82 Å². The summed E-state index contributed by atoms with van der Waals surface area (Å²) in [5, 5.41) is 12.2. The highest BCUT2D eigenvalue weighted by atomic mass is 35.5. The molecule has 7 heteroatoms. The van der Waals surface area contributed by atoms with E-state index in [0.717, 1.165) is 43.2 Å². The fraction of sp³-hybridized carbons (Fsp3) is 0.286. The first-order chi connectivity index (χ1) is 13.6. The first-order valence-corrected chi connectivity index (χ1v) is 9.76. The standard InChI is InChI=1S/C21H23ClN6/c1-15-5-3-6-17(13-15)27-9-11-28(12-10-27)20-14-23-26-21(25-20)24-19-8-4-7-18(22)16(19)2/h3-8,13-14H,9-12H2,1-2H3,(H,24,25,26). The van der Waals surface area contributed by atoms with Crippen LogP contribution in [-0.2, 0) is 0 Å². The maximum Gasteiger partial charge on any atom is 0.249 e. The van der Waals surface area contributed by atoms with Crippen LogP contribution >= 0.6 is 11.6 Å². The number of aryl methyl sites for hydroxylation is 1. The second-order valence-electron chi connectivity index (χ2n) is 6.99. The van der Waals surface area contributed by atoms with Gasteiger partial charge >= 0.3 is 0 Å². The fourth-order valence-electron chi connectivity index (χ4n) is 3.38. The van der Waals surface area contributed by atoms with Gasteiger partial charge in [0.25, 0.3) is 0 Å². The molecule has 28 heavy (non-hydrogen) atoms. The monoisotopic (exact) mass is 394 g/mol. The first kappa shape index (κ1) is 18.5. The second-order valence-corrected chi connectivity index (χ2v) is 7.40. The van der Waals surface area contributed by atoms with Gasteiger partial charge in [-0.3, -0.25) is 0 Å². The molecule has 1 saturated heterocycles. The minimum absolute atomic E-state index is 0.476. The summed E-state index contributed by atoms with van der Waals surface area (Å²) < 4.78 is 0. The molecule has 2 aromatic carbocycles. The van der Waals surface area contributed by atoms with Gasteiger partial charge in [-0.15, -0.1) is 5.10 Å². The number of hydrogen-bond acceptors (Lipinski definition) is 6. The summed E-state index contributed by atoms with van der Waals surface area (Å²) >= 11 is 6.20. The number of halogens is 1. The summed E-state index contributed by atoms with van der Waals surface area (Å²) in [4.78, 5) is 9.31. The van der Waals surface area contributed by atoms with Gasteiger partial charge in [0.1, 0.15) is 0 Å². The van der Waals surface area contributed by atoms with E-state index in [1.165, 1.54) is 11.3 Å². The lowest BCUT2D eigenvalue weighted by atomic mass is 10.2. The molecule has 1 aliphatic heterocycles. The largest absolute Gasteiger partial charge is 0.368 e. The lowest BCUT2D eigenvalue weighted by molar-refractivity contribution is 0.644. The van der Waals surface area contributed by atoms with Crippen molar-refractivity contribution < 1.29 is 0 Å². The Morgan fingerprint density at radius 1 is 0.964 bits per heavy atom. The smallest absolute Gasteiger partial charge is 0.249 e. The number of anilines is 4. The van der Waals surface area contributed by atoms with Crippen molar-refractivity contribution in [3.8, 4) is 0 Å². The van der Waals surface area contributed by atoms with Crippen molar-refractivity contribution in [3.63, 3.8) is 0 Å². The van der Waals surface area contributed by atoms with E-state index < -0.39 is 0 Å². The molecule has 144 valence electrons. The van der Waals surface area contributed by atoms with E-state index in [1.54, 1.807) is 6.20 Å². The molecule has 0 atom stereocenters. The predicted octanol–water partition coefficient (Wildman–Crippen LogP) is 4.21. The summed E-state index contributed by atoms with van der Waals surface area (Å²) in [5.74, 6) is 1.31. The van der Waals surface area contributed by atoms with E-state index >= 15 is 0 Å². The number of nitrogens with one attached hydrogen (secondary N) is 1. The lowest BCUT2D eigenvalue weighted by Crippen LogP contribution is -2.47. The number of aromatic nitrogens is 3. The number of piperazine rings is 1. The maximum absolute atomic E-state index is 6.20. The summed E-state index contributed by atoms with van der Waals surface area (Å²) in [6.07, 6.45) is 1.72. The quantitative estimate of drug-likeness (QED) is 0.715. The predicted molar refractivity (Wildman–Crippen MR) is 115 cm³/mol. The van der Waals surface area contributed by atoms with Crippen LogP contribution in [0.3, 0.4) is 0 Å². The van der Waals surface area contributed by atoms with Gasteiger partial charge in [-0.2, -0.15) is 10.1 Å². The molecule has 0 radical (unpaired) electrons. The number of rotatable bonds is 4. The molecule has 0 bridgehead atoms. The van der Waals surface area contributed by atoms with Gasteiger partial charge in [-0.1, -0.05) is 29.8 Å². The Bertz CT molecular complexity index is 969. The Hall–Kier alpha value is -2.86. The van der Waals surface area contributed by atoms with E-state index in [1.807, 2.05) is 25.1 Å². The van der Waals surface area contributed by atoms with Gasteiger partial charge < -0.3 is 15.1 Å². The van der Waals surface area contributed by atoms with Crippen molar-refractivity contribution in [2.24, 2.45) is 0 Å². The van der Waals surface area contributed by atoms with Crippen LogP contribution in [0.25, 0.3) is 0 Å². The van der Waals surface area contributed by atoms with Crippen molar-refractivity contribution in [2.45, 2.75) is 13.8 Å². The molecule has 3 aromatic rings. The van der Waals surface area contributed by atoms with Crippen LogP contribution in [0.1, 0.15) is 11.1 Å². The number of nitrogens with zero attached hydrogens (tertiary/aromatic N) is 5. The maximum atomic E-state index is 6.20. The zero-order valence-electron chi connectivity index (χ0n) is 16.1. The second kappa shape index (κ2) is 8.02. The van der Waals surface area contributed by atoms with Gasteiger partial charge in [0, 0.05) is 42.6 Å². The van der Waals surface area contributed by atoms with E-state index in [9.17, 15) is 0 Å². The van der Waals surface area contributed by atoms with E-state index in [0.29, 0.717) is 11.0 Å². The molecule has 0 aliphatic carbocycles. The summed E-state index contributed by atoms with van der Waals surface area (Å²) in [6, 6.07) is 14.4. The molecule has 1 aliphatic rings. The van der Waals surface area contributed by atoms with E-state index in [-0.39, 0.29) is 0 Å². The molecule has 1 aromatic heterocycles. The molecule has 0 saturated carbocycles.